The van der Waals surface area contributed by atoms with Crippen molar-refractivity contribution in [2.24, 2.45) is 0 Å². The molecule has 5 nitrogen and oxygen atoms in total. The number of allylic oxidation sites excluding steroid dienone is 3. The zero-order valence-corrected chi connectivity index (χ0v) is 16.0. The van der Waals surface area contributed by atoms with Crippen molar-refractivity contribution in [1.82, 2.24) is 9.78 Å². The van der Waals surface area contributed by atoms with Crippen LogP contribution in [0.5, 0.6) is 0 Å². The normalized spacial score (nSPS) is 19.7. The Kier molecular flexibility index (Phi) is 6.44. The van der Waals surface area contributed by atoms with Crippen molar-refractivity contribution in [2.45, 2.75) is 52.4 Å². The second-order valence-corrected chi connectivity index (χ2v) is 7.15. The fraction of sp³-hybridized carbons (Fsp3) is 0.526. The van der Waals surface area contributed by atoms with Gasteiger partial charge in [0.1, 0.15) is 0 Å². The molecule has 1 aromatic heterocycles. The molecule has 0 radical (unpaired) electrons. The van der Waals surface area contributed by atoms with E-state index in [1.165, 1.54) is 0 Å². The van der Waals surface area contributed by atoms with Crippen LogP contribution in [0, 0.1) is 0 Å². The lowest BCUT2D eigenvalue weighted by molar-refractivity contribution is 0.00578. The van der Waals surface area contributed by atoms with Crippen molar-refractivity contribution < 1.29 is 14.0 Å². The van der Waals surface area contributed by atoms with Crippen LogP contribution in [0.4, 0.5) is 0 Å². The molecule has 2 heterocycles. The van der Waals surface area contributed by atoms with Gasteiger partial charge in [0.05, 0.1) is 31.0 Å². The summed E-state index contributed by atoms with van der Waals surface area (Å²) < 4.78 is 19.6. The van der Waals surface area contributed by atoms with Gasteiger partial charge in [-0.2, -0.15) is 5.10 Å². The van der Waals surface area contributed by atoms with Crippen molar-refractivity contribution in [3.8, 4) is 0 Å². The first-order chi connectivity index (χ1) is 11.8. The maximum atomic E-state index is 6.04. The number of rotatable bonds is 8. The van der Waals surface area contributed by atoms with Crippen molar-refractivity contribution in [1.29, 1.82) is 0 Å². The van der Waals surface area contributed by atoms with Crippen molar-refractivity contribution in [3.63, 3.8) is 0 Å². The Balaban J connectivity index is 1.84. The van der Waals surface area contributed by atoms with Crippen LogP contribution in [0.2, 0.25) is 0 Å². The topological polar surface area (TPSA) is 45.5 Å². The van der Waals surface area contributed by atoms with Crippen LogP contribution < -0.4 is 5.46 Å². The van der Waals surface area contributed by atoms with E-state index in [2.05, 4.69) is 11.7 Å². The quantitative estimate of drug-likeness (QED) is 0.413. The van der Waals surface area contributed by atoms with Gasteiger partial charge in [-0.25, -0.2) is 0 Å². The maximum Gasteiger partial charge on any atom is 0.498 e. The van der Waals surface area contributed by atoms with E-state index in [0.717, 1.165) is 11.0 Å². The van der Waals surface area contributed by atoms with Gasteiger partial charge < -0.3 is 14.0 Å². The summed E-state index contributed by atoms with van der Waals surface area (Å²) in [6.45, 7) is 15.7. The molecule has 2 rings (SSSR count). The van der Waals surface area contributed by atoms with E-state index in [1.807, 2.05) is 69.8 Å². The molecule has 0 saturated carbocycles. The first-order valence-electron chi connectivity index (χ1n) is 8.69. The van der Waals surface area contributed by atoms with Gasteiger partial charge in [0, 0.05) is 17.9 Å². The highest BCUT2D eigenvalue weighted by Gasteiger charge is 2.52. The van der Waals surface area contributed by atoms with Gasteiger partial charge in [0.2, 0.25) is 0 Å². The predicted octanol–water partition coefficient (Wildman–Crippen LogP) is 2.89. The molecule has 0 atom stereocenters. The Morgan fingerprint density at radius 1 is 1.32 bits per heavy atom. The molecular formula is C19H29BN2O3. The Morgan fingerprint density at radius 3 is 2.60 bits per heavy atom. The number of hydrogen-bond donors (Lipinski definition) is 0. The highest BCUT2D eigenvalue weighted by molar-refractivity contribution is 6.61. The fourth-order valence-electron chi connectivity index (χ4n) is 2.35. The minimum absolute atomic E-state index is 0.344. The lowest BCUT2D eigenvalue weighted by Gasteiger charge is -2.32. The van der Waals surface area contributed by atoms with Crippen LogP contribution in [0.1, 0.15) is 34.6 Å². The molecule has 0 spiro atoms. The van der Waals surface area contributed by atoms with Gasteiger partial charge in [-0.3, -0.25) is 4.68 Å². The monoisotopic (exact) mass is 344 g/mol. The smallest absolute Gasteiger partial charge is 0.399 e. The average Bonchev–Trinajstić information content (AvgIpc) is 3.09. The molecule has 0 aliphatic carbocycles. The zero-order chi connectivity index (χ0) is 18.5. The Labute approximate surface area is 151 Å². The van der Waals surface area contributed by atoms with Crippen LogP contribution in [0.3, 0.4) is 0 Å². The highest BCUT2D eigenvalue weighted by Crippen LogP contribution is 2.36. The van der Waals surface area contributed by atoms with Crippen molar-refractivity contribution in [3.05, 3.63) is 48.8 Å². The maximum absolute atomic E-state index is 6.04. The van der Waals surface area contributed by atoms with Gasteiger partial charge in [-0.15, -0.1) is 0 Å². The molecule has 0 bridgehead atoms. The third-order valence-corrected chi connectivity index (χ3v) is 4.68. The Hall–Kier alpha value is -1.63. The van der Waals surface area contributed by atoms with Crippen LogP contribution in [0.25, 0.3) is 0 Å². The summed E-state index contributed by atoms with van der Waals surface area (Å²) in [5.41, 5.74) is 1.29. The van der Waals surface area contributed by atoms with E-state index in [0.29, 0.717) is 19.8 Å². The molecule has 1 aliphatic heterocycles. The standard InChI is InChI=1S/C19H29BN2O3/c1-7-9-10-16(8-2)15-23-12-11-22-14-17(13-21-22)20-24-18(3,4)19(5,6)25-20/h7-10,13-14H,2,11-12,15H2,1,3-6H3/b9-7-,16-10+. The summed E-state index contributed by atoms with van der Waals surface area (Å²) in [6, 6.07) is 0. The molecule has 1 aromatic rings. The number of ether oxygens (including phenoxy) is 1. The van der Waals surface area contributed by atoms with Crippen molar-refractivity contribution >= 4 is 12.6 Å². The van der Waals surface area contributed by atoms with Crippen LogP contribution in [-0.4, -0.2) is 41.3 Å². The van der Waals surface area contributed by atoms with Gasteiger partial charge in [0.25, 0.3) is 0 Å². The molecule has 6 heteroatoms. The Morgan fingerprint density at radius 2 is 2.00 bits per heavy atom. The molecule has 0 amide bonds. The first kappa shape index (κ1) is 19.7. The fourth-order valence-corrected chi connectivity index (χ4v) is 2.35. The van der Waals surface area contributed by atoms with E-state index in [1.54, 1.807) is 6.20 Å². The van der Waals surface area contributed by atoms with E-state index in [4.69, 9.17) is 14.0 Å². The summed E-state index contributed by atoms with van der Waals surface area (Å²) in [5, 5.41) is 4.37. The second-order valence-electron chi connectivity index (χ2n) is 7.15. The number of aromatic nitrogens is 2. The summed E-state index contributed by atoms with van der Waals surface area (Å²) in [7, 11) is -0.379. The molecular weight excluding hydrogens is 315 g/mol. The van der Waals surface area contributed by atoms with Gasteiger partial charge in [-0.1, -0.05) is 30.9 Å². The summed E-state index contributed by atoms with van der Waals surface area (Å²) in [6.07, 6.45) is 11.5. The van der Waals surface area contributed by atoms with E-state index in [9.17, 15) is 0 Å². The summed E-state index contributed by atoms with van der Waals surface area (Å²) >= 11 is 0. The molecule has 1 aliphatic rings. The van der Waals surface area contributed by atoms with Gasteiger partial charge in [0.15, 0.2) is 0 Å². The summed E-state index contributed by atoms with van der Waals surface area (Å²) in [5.74, 6) is 0. The molecule has 0 unspecified atom stereocenters. The van der Waals surface area contributed by atoms with Crippen LogP contribution in [-0.2, 0) is 20.6 Å². The van der Waals surface area contributed by atoms with E-state index < -0.39 is 0 Å². The Bertz CT molecular complexity index is 631. The molecule has 1 saturated heterocycles. The van der Waals surface area contributed by atoms with E-state index >= 15 is 0 Å². The molecule has 0 N–H and O–H groups in total. The molecule has 25 heavy (non-hydrogen) atoms. The SMILES string of the molecule is C=C/C(=C\C=C/C)COCCn1cc(B2OC(C)(C)C(C)(C)O2)cn1. The highest BCUT2D eigenvalue weighted by atomic mass is 16.7. The largest absolute Gasteiger partial charge is 0.498 e. The lowest BCUT2D eigenvalue weighted by Crippen LogP contribution is -2.41. The minimum Gasteiger partial charge on any atom is -0.399 e. The summed E-state index contributed by atoms with van der Waals surface area (Å²) in [4.78, 5) is 0. The minimum atomic E-state index is -0.379. The number of nitrogens with zero attached hydrogens (tertiary/aromatic N) is 2. The third-order valence-electron chi connectivity index (χ3n) is 4.68. The first-order valence-corrected chi connectivity index (χ1v) is 8.69. The number of hydrogen-bond acceptors (Lipinski definition) is 4. The van der Waals surface area contributed by atoms with Crippen LogP contribution in [0.15, 0.2) is 48.8 Å². The average molecular weight is 344 g/mol. The predicted molar refractivity (Wildman–Crippen MR) is 102 cm³/mol. The van der Waals surface area contributed by atoms with E-state index in [-0.39, 0.29) is 18.3 Å². The molecule has 136 valence electrons. The molecule has 0 aromatic carbocycles. The van der Waals surface area contributed by atoms with Gasteiger partial charge >= 0.3 is 7.12 Å². The van der Waals surface area contributed by atoms with Gasteiger partial charge in [-0.05, 0) is 40.2 Å². The zero-order valence-electron chi connectivity index (χ0n) is 16.0. The third kappa shape index (κ3) is 4.94. The van der Waals surface area contributed by atoms with Crippen molar-refractivity contribution in [2.75, 3.05) is 13.2 Å². The second kappa shape index (κ2) is 8.17. The van der Waals surface area contributed by atoms with Crippen LogP contribution >= 0.6 is 0 Å². The lowest BCUT2D eigenvalue weighted by atomic mass is 9.82. The molecule has 1 fully saturated rings.